The Kier molecular flexibility index (Phi) is 3.55. The van der Waals surface area contributed by atoms with Crippen LogP contribution in [0.1, 0.15) is 25.5 Å². The maximum absolute atomic E-state index is 12.0. The molecule has 0 aromatic carbocycles. The molecular formula is C12H16N2O4. The van der Waals surface area contributed by atoms with Crippen molar-refractivity contribution in [1.29, 1.82) is 0 Å². The molecule has 0 aliphatic heterocycles. The number of carboxylic acid groups (broad SMARTS) is 1. The van der Waals surface area contributed by atoms with Gasteiger partial charge < -0.3 is 19.7 Å². The van der Waals surface area contributed by atoms with E-state index < -0.39 is 12.0 Å². The van der Waals surface area contributed by atoms with Crippen LogP contribution < -0.4 is 5.32 Å². The highest BCUT2D eigenvalue weighted by Crippen LogP contribution is 2.28. The first kappa shape index (κ1) is 12.5. The number of carbonyl (C=O) groups excluding carboxylic acids is 1. The van der Waals surface area contributed by atoms with Crippen LogP contribution in [0.25, 0.3) is 0 Å². The van der Waals surface area contributed by atoms with Crippen LogP contribution in [-0.2, 0) is 11.3 Å². The van der Waals surface area contributed by atoms with Crippen LogP contribution >= 0.6 is 0 Å². The second kappa shape index (κ2) is 5.12. The van der Waals surface area contributed by atoms with Gasteiger partial charge in [-0.25, -0.2) is 4.79 Å². The van der Waals surface area contributed by atoms with E-state index in [1.165, 1.54) is 6.92 Å². The molecular weight excluding hydrogens is 236 g/mol. The third-order valence-corrected chi connectivity index (χ3v) is 2.87. The molecule has 1 fully saturated rings. The molecule has 1 heterocycles. The van der Waals surface area contributed by atoms with Crippen molar-refractivity contribution in [3.8, 4) is 0 Å². The highest BCUT2D eigenvalue weighted by atomic mass is 16.4. The van der Waals surface area contributed by atoms with E-state index in [1.807, 2.05) is 0 Å². The maximum atomic E-state index is 12.0. The summed E-state index contributed by atoms with van der Waals surface area (Å²) >= 11 is 0. The SMILES string of the molecule is CC(NC(=O)N(Cc1ccco1)C1CC1)C(=O)O. The van der Waals surface area contributed by atoms with Crippen LogP contribution in [0.4, 0.5) is 4.79 Å². The molecule has 2 rings (SSSR count). The van der Waals surface area contributed by atoms with Gasteiger partial charge in [0.15, 0.2) is 0 Å². The largest absolute Gasteiger partial charge is 0.480 e. The number of urea groups is 1. The number of carbonyl (C=O) groups is 2. The van der Waals surface area contributed by atoms with Gasteiger partial charge in [0.05, 0.1) is 12.8 Å². The third kappa shape index (κ3) is 3.03. The number of carboxylic acids is 1. The van der Waals surface area contributed by atoms with Gasteiger partial charge >= 0.3 is 12.0 Å². The monoisotopic (exact) mass is 252 g/mol. The fourth-order valence-electron chi connectivity index (χ4n) is 1.65. The Labute approximate surface area is 105 Å². The molecule has 0 saturated heterocycles. The summed E-state index contributed by atoms with van der Waals surface area (Å²) in [7, 11) is 0. The molecule has 98 valence electrons. The summed E-state index contributed by atoms with van der Waals surface area (Å²) in [5, 5.41) is 11.2. The van der Waals surface area contributed by atoms with Crippen LogP contribution in [0, 0.1) is 0 Å². The van der Waals surface area contributed by atoms with E-state index in [0.717, 1.165) is 12.8 Å². The summed E-state index contributed by atoms with van der Waals surface area (Å²) in [6.07, 6.45) is 3.46. The Morgan fingerprint density at radius 1 is 1.61 bits per heavy atom. The first-order valence-electron chi connectivity index (χ1n) is 5.90. The van der Waals surface area contributed by atoms with Gasteiger partial charge in [0.1, 0.15) is 11.8 Å². The number of hydrogen-bond donors (Lipinski definition) is 2. The zero-order chi connectivity index (χ0) is 13.1. The number of nitrogens with zero attached hydrogens (tertiary/aromatic N) is 1. The van der Waals surface area contributed by atoms with Gasteiger partial charge in [-0.1, -0.05) is 0 Å². The van der Waals surface area contributed by atoms with Gasteiger partial charge in [0.25, 0.3) is 0 Å². The number of furan rings is 1. The summed E-state index contributed by atoms with van der Waals surface area (Å²) < 4.78 is 5.21. The summed E-state index contributed by atoms with van der Waals surface area (Å²) in [6, 6.07) is 2.50. The second-order valence-corrected chi connectivity index (χ2v) is 4.45. The Bertz CT molecular complexity index is 425. The minimum atomic E-state index is -1.04. The molecule has 1 atom stereocenters. The quantitative estimate of drug-likeness (QED) is 0.830. The number of aliphatic carboxylic acids is 1. The molecule has 2 N–H and O–H groups in total. The van der Waals surface area contributed by atoms with Gasteiger partial charge in [0, 0.05) is 6.04 Å². The summed E-state index contributed by atoms with van der Waals surface area (Å²) in [6.45, 7) is 1.81. The maximum Gasteiger partial charge on any atom is 0.325 e. The molecule has 0 radical (unpaired) electrons. The molecule has 6 nitrogen and oxygen atoms in total. The number of hydrogen-bond acceptors (Lipinski definition) is 3. The van der Waals surface area contributed by atoms with Crippen molar-refractivity contribution in [2.24, 2.45) is 0 Å². The van der Waals surface area contributed by atoms with E-state index in [4.69, 9.17) is 9.52 Å². The Morgan fingerprint density at radius 2 is 2.33 bits per heavy atom. The number of nitrogens with one attached hydrogen (secondary N) is 1. The van der Waals surface area contributed by atoms with Crippen molar-refractivity contribution in [1.82, 2.24) is 10.2 Å². The molecule has 0 spiro atoms. The van der Waals surface area contributed by atoms with Gasteiger partial charge in [-0.05, 0) is 31.9 Å². The normalized spacial score (nSPS) is 16.1. The zero-order valence-corrected chi connectivity index (χ0v) is 10.1. The van der Waals surface area contributed by atoms with Gasteiger partial charge in [-0.15, -0.1) is 0 Å². The van der Waals surface area contributed by atoms with E-state index in [1.54, 1.807) is 23.3 Å². The fraction of sp³-hybridized carbons (Fsp3) is 0.500. The van der Waals surface area contributed by atoms with Crippen molar-refractivity contribution >= 4 is 12.0 Å². The molecule has 1 unspecified atom stereocenters. The van der Waals surface area contributed by atoms with Gasteiger partial charge in [-0.3, -0.25) is 4.79 Å². The standard InChI is InChI=1S/C12H16N2O4/c1-8(11(15)16)13-12(17)14(9-4-5-9)7-10-3-2-6-18-10/h2-3,6,8-9H,4-5,7H2,1H3,(H,13,17)(H,15,16). The van der Waals surface area contributed by atoms with Crippen LogP contribution in [0.15, 0.2) is 22.8 Å². The first-order valence-corrected chi connectivity index (χ1v) is 5.90. The van der Waals surface area contributed by atoms with E-state index in [0.29, 0.717) is 12.3 Å². The molecule has 6 heteroatoms. The third-order valence-electron chi connectivity index (χ3n) is 2.87. The number of rotatable bonds is 5. The molecule has 1 aromatic heterocycles. The smallest absolute Gasteiger partial charge is 0.325 e. The number of amides is 2. The molecule has 1 aromatic rings. The lowest BCUT2D eigenvalue weighted by molar-refractivity contribution is -0.138. The lowest BCUT2D eigenvalue weighted by Gasteiger charge is -2.23. The molecule has 2 amide bonds. The van der Waals surface area contributed by atoms with Crippen LogP contribution in [-0.4, -0.2) is 34.1 Å². The van der Waals surface area contributed by atoms with E-state index in [9.17, 15) is 9.59 Å². The molecule has 1 saturated carbocycles. The minimum absolute atomic E-state index is 0.191. The summed E-state index contributed by atoms with van der Waals surface area (Å²) in [4.78, 5) is 24.3. The minimum Gasteiger partial charge on any atom is -0.480 e. The molecule has 1 aliphatic carbocycles. The first-order chi connectivity index (χ1) is 8.58. The van der Waals surface area contributed by atoms with Crippen molar-refractivity contribution in [3.63, 3.8) is 0 Å². The highest BCUT2D eigenvalue weighted by Gasteiger charge is 2.34. The van der Waals surface area contributed by atoms with Gasteiger partial charge in [0.2, 0.25) is 0 Å². The summed E-state index contributed by atoms with van der Waals surface area (Å²) in [5.41, 5.74) is 0. The van der Waals surface area contributed by atoms with Crippen LogP contribution in [0.3, 0.4) is 0 Å². The molecule has 18 heavy (non-hydrogen) atoms. The molecule has 1 aliphatic rings. The van der Waals surface area contributed by atoms with Crippen molar-refractivity contribution in [2.45, 2.75) is 38.4 Å². The van der Waals surface area contributed by atoms with Crippen molar-refractivity contribution < 1.29 is 19.1 Å². The van der Waals surface area contributed by atoms with Crippen LogP contribution in [0.5, 0.6) is 0 Å². The Hall–Kier alpha value is -1.98. The Balaban J connectivity index is 1.97. The average molecular weight is 252 g/mol. The van der Waals surface area contributed by atoms with E-state index in [-0.39, 0.29) is 12.1 Å². The lowest BCUT2D eigenvalue weighted by atomic mass is 10.3. The second-order valence-electron chi connectivity index (χ2n) is 4.45. The molecule has 0 bridgehead atoms. The Morgan fingerprint density at radius 3 is 2.83 bits per heavy atom. The topological polar surface area (TPSA) is 82.8 Å². The zero-order valence-electron chi connectivity index (χ0n) is 10.1. The predicted molar refractivity (Wildman–Crippen MR) is 62.9 cm³/mol. The predicted octanol–water partition coefficient (Wildman–Crippen LogP) is 1.43. The summed E-state index contributed by atoms with van der Waals surface area (Å²) in [5.74, 6) is -0.350. The van der Waals surface area contributed by atoms with E-state index in [2.05, 4.69) is 5.32 Å². The van der Waals surface area contributed by atoms with Gasteiger partial charge in [-0.2, -0.15) is 0 Å². The van der Waals surface area contributed by atoms with E-state index >= 15 is 0 Å². The average Bonchev–Trinajstić information content (AvgIpc) is 3.03. The highest BCUT2D eigenvalue weighted by molar-refractivity contribution is 5.82. The van der Waals surface area contributed by atoms with Crippen molar-refractivity contribution in [2.75, 3.05) is 0 Å². The lowest BCUT2D eigenvalue weighted by Crippen LogP contribution is -2.47. The van der Waals surface area contributed by atoms with Crippen LogP contribution in [0.2, 0.25) is 0 Å². The fourth-order valence-corrected chi connectivity index (χ4v) is 1.65. The van der Waals surface area contributed by atoms with Crippen molar-refractivity contribution in [3.05, 3.63) is 24.2 Å².